The highest BCUT2D eigenvalue weighted by Crippen LogP contribution is 2.33. The molecular weight excluding hydrogens is 388 g/mol. The molecule has 3 rings (SSSR count). The second kappa shape index (κ2) is 9.46. The zero-order valence-electron chi connectivity index (χ0n) is 17.1. The van der Waals surface area contributed by atoms with Gasteiger partial charge in [0.25, 0.3) is 5.91 Å². The minimum absolute atomic E-state index is 0.257. The SMILES string of the molecule is COc1cc(OC)c(OC)cc1C=NNC(=O)c1cc(-c2ccccc2OC)n[nH]1. The molecule has 9 heteroatoms. The van der Waals surface area contributed by atoms with Crippen molar-refractivity contribution in [3.63, 3.8) is 0 Å². The van der Waals surface area contributed by atoms with Gasteiger partial charge in [0.1, 0.15) is 17.2 Å². The molecule has 0 saturated heterocycles. The summed E-state index contributed by atoms with van der Waals surface area (Å²) in [6, 6.07) is 12.4. The van der Waals surface area contributed by atoms with E-state index in [0.29, 0.717) is 34.3 Å². The number of aromatic nitrogens is 2. The van der Waals surface area contributed by atoms with E-state index in [4.69, 9.17) is 18.9 Å². The van der Waals surface area contributed by atoms with Gasteiger partial charge in [-0.25, -0.2) is 5.43 Å². The highest BCUT2D eigenvalue weighted by molar-refractivity contribution is 5.94. The predicted octanol–water partition coefficient (Wildman–Crippen LogP) is 2.88. The van der Waals surface area contributed by atoms with E-state index in [1.807, 2.05) is 24.3 Å². The average molecular weight is 410 g/mol. The number of methoxy groups -OCH3 is 4. The van der Waals surface area contributed by atoms with Gasteiger partial charge in [0.2, 0.25) is 0 Å². The zero-order chi connectivity index (χ0) is 21.5. The van der Waals surface area contributed by atoms with E-state index in [1.54, 1.807) is 25.3 Å². The fourth-order valence-corrected chi connectivity index (χ4v) is 2.81. The molecule has 0 fully saturated rings. The van der Waals surface area contributed by atoms with Gasteiger partial charge >= 0.3 is 0 Å². The van der Waals surface area contributed by atoms with Gasteiger partial charge < -0.3 is 18.9 Å². The maximum Gasteiger partial charge on any atom is 0.289 e. The van der Waals surface area contributed by atoms with Crippen molar-refractivity contribution in [2.75, 3.05) is 28.4 Å². The first-order valence-corrected chi connectivity index (χ1v) is 8.93. The van der Waals surface area contributed by atoms with Crippen molar-refractivity contribution in [3.05, 3.63) is 53.7 Å². The van der Waals surface area contributed by atoms with Gasteiger partial charge in [-0.1, -0.05) is 12.1 Å². The summed E-state index contributed by atoms with van der Waals surface area (Å²) in [5, 5.41) is 10.9. The maximum absolute atomic E-state index is 12.4. The molecule has 1 heterocycles. The van der Waals surface area contributed by atoms with Crippen LogP contribution < -0.4 is 24.4 Å². The van der Waals surface area contributed by atoms with Crippen LogP contribution in [0.25, 0.3) is 11.3 Å². The predicted molar refractivity (Wildman–Crippen MR) is 112 cm³/mol. The zero-order valence-corrected chi connectivity index (χ0v) is 17.1. The summed E-state index contributed by atoms with van der Waals surface area (Å²) in [6.07, 6.45) is 1.45. The van der Waals surface area contributed by atoms with Gasteiger partial charge in [-0.05, 0) is 24.3 Å². The summed E-state index contributed by atoms with van der Waals surface area (Å²) in [5.74, 6) is 1.78. The van der Waals surface area contributed by atoms with Crippen molar-refractivity contribution in [1.82, 2.24) is 15.6 Å². The van der Waals surface area contributed by atoms with Crippen LogP contribution in [0.2, 0.25) is 0 Å². The fourth-order valence-electron chi connectivity index (χ4n) is 2.81. The number of carbonyl (C=O) groups excluding carboxylic acids is 1. The van der Waals surface area contributed by atoms with E-state index in [2.05, 4.69) is 20.7 Å². The van der Waals surface area contributed by atoms with Crippen molar-refractivity contribution >= 4 is 12.1 Å². The Bertz CT molecular complexity index is 1060. The molecule has 0 atom stereocenters. The number of ether oxygens (including phenoxy) is 4. The molecule has 9 nitrogen and oxygen atoms in total. The first-order valence-electron chi connectivity index (χ1n) is 8.93. The molecule has 0 spiro atoms. The van der Waals surface area contributed by atoms with Crippen molar-refractivity contribution < 1.29 is 23.7 Å². The van der Waals surface area contributed by atoms with E-state index in [1.165, 1.54) is 27.5 Å². The Labute approximate surface area is 173 Å². The molecule has 1 aromatic heterocycles. The van der Waals surface area contributed by atoms with E-state index < -0.39 is 5.91 Å². The Hall–Kier alpha value is -4.01. The lowest BCUT2D eigenvalue weighted by Crippen LogP contribution is -2.18. The van der Waals surface area contributed by atoms with Crippen molar-refractivity contribution in [1.29, 1.82) is 0 Å². The van der Waals surface area contributed by atoms with Gasteiger partial charge in [0.15, 0.2) is 11.5 Å². The van der Waals surface area contributed by atoms with E-state index >= 15 is 0 Å². The maximum atomic E-state index is 12.4. The molecule has 1 amide bonds. The van der Waals surface area contributed by atoms with E-state index in [9.17, 15) is 4.79 Å². The summed E-state index contributed by atoms with van der Waals surface area (Å²) in [7, 11) is 6.18. The Balaban J connectivity index is 1.75. The van der Waals surface area contributed by atoms with Crippen LogP contribution in [-0.4, -0.2) is 50.8 Å². The first kappa shape index (κ1) is 20.7. The first-order chi connectivity index (χ1) is 14.6. The van der Waals surface area contributed by atoms with Gasteiger partial charge in [-0.15, -0.1) is 0 Å². The third-order valence-corrected chi connectivity index (χ3v) is 4.31. The third-order valence-electron chi connectivity index (χ3n) is 4.31. The number of rotatable bonds is 8. The van der Waals surface area contributed by atoms with Crippen LogP contribution in [-0.2, 0) is 0 Å². The normalized spacial score (nSPS) is 10.7. The molecule has 2 aromatic carbocycles. The second-order valence-electron chi connectivity index (χ2n) is 6.02. The number of aromatic amines is 1. The van der Waals surface area contributed by atoms with Crippen LogP contribution in [0.1, 0.15) is 16.1 Å². The molecule has 2 N–H and O–H groups in total. The average Bonchev–Trinajstić information content (AvgIpc) is 3.28. The summed E-state index contributed by atoms with van der Waals surface area (Å²) in [5.41, 5.74) is 4.68. The highest BCUT2D eigenvalue weighted by Gasteiger charge is 2.14. The number of nitrogens with one attached hydrogen (secondary N) is 2. The molecule has 0 aliphatic heterocycles. The Morgan fingerprint density at radius 1 is 0.933 bits per heavy atom. The van der Waals surface area contributed by atoms with Gasteiger partial charge in [-0.3, -0.25) is 9.89 Å². The molecule has 0 radical (unpaired) electrons. The molecular formula is C21H22N4O5. The van der Waals surface area contributed by atoms with Crippen LogP contribution in [0.3, 0.4) is 0 Å². The molecule has 3 aromatic rings. The lowest BCUT2D eigenvalue weighted by molar-refractivity contribution is 0.0950. The minimum atomic E-state index is -0.445. The summed E-state index contributed by atoms with van der Waals surface area (Å²) < 4.78 is 21.2. The third kappa shape index (κ3) is 4.35. The Morgan fingerprint density at radius 3 is 2.30 bits per heavy atom. The standard InChI is InChI=1S/C21H22N4O5/c1-27-17-8-6-5-7-14(17)15-10-16(24-23-15)21(26)25-22-12-13-9-19(29-3)20(30-4)11-18(13)28-2/h5-12H,1-4H3,(H,23,24)(H,25,26). The van der Waals surface area contributed by atoms with Gasteiger partial charge in [-0.2, -0.15) is 10.2 Å². The smallest absolute Gasteiger partial charge is 0.289 e. The lowest BCUT2D eigenvalue weighted by Gasteiger charge is -2.11. The van der Waals surface area contributed by atoms with Crippen molar-refractivity contribution in [2.24, 2.45) is 5.10 Å². The largest absolute Gasteiger partial charge is 0.496 e. The summed E-state index contributed by atoms with van der Waals surface area (Å²) >= 11 is 0. The van der Waals surface area contributed by atoms with Gasteiger partial charge in [0, 0.05) is 17.2 Å². The number of H-pyrrole nitrogens is 1. The topological polar surface area (TPSA) is 107 Å². The molecule has 30 heavy (non-hydrogen) atoms. The number of hydrogen-bond donors (Lipinski definition) is 2. The number of hydrazone groups is 1. The number of carbonyl (C=O) groups is 1. The van der Waals surface area contributed by atoms with Crippen molar-refractivity contribution in [2.45, 2.75) is 0 Å². The molecule has 0 bridgehead atoms. The van der Waals surface area contributed by atoms with E-state index in [-0.39, 0.29) is 5.69 Å². The molecule has 156 valence electrons. The van der Waals surface area contributed by atoms with Crippen LogP contribution >= 0.6 is 0 Å². The second-order valence-corrected chi connectivity index (χ2v) is 6.02. The van der Waals surface area contributed by atoms with Crippen LogP contribution in [0.4, 0.5) is 0 Å². The number of hydrogen-bond acceptors (Lipinski definition) is 7. The number of nitrogens with zero attached hydrogens (tertiary/aromatic N) is 2. The molecule has 0 unspecified atom stereocenters. The minimum Gasteiger partial charge on any atom is -0.496 e. The fraction of sp³-hybridized carbons (Fsp3) is 0.190. The number of para-hydroxylation sites is 1. The Morgan fingerprint density at radius 2 is 1.60 bits per heavy atom. The van der Waals surface area contributed by atoms with Crippen LogP contribution in [0.15, 0.2) is 47.6 Å². The monoisotopic (exact) mass is 410 g/mol. The van der Waals surface area contributed by atoms with Crippen LogP contribution in [0, 0.1) is 0 Å². The number of benzene rings is 2. The number of amides is 1. The van der Waals surface area contributed by atoms with Gasteiger partial charge in [0.05, 0.1) is 40.3 Å². The van der Waals surface area contributed by atoms with Crippen LogP contribution in [0.5, 0.6) is 23.0 Å². The Kier molecular flexibility index (Phi) is 6.53. The van der Waals surface area contributed by atoms with Crippen molar-refractivity contribution in [3.8, 4) is 34.3 Å². The molecule has 0 aliphatic rings. The summed E-state index contributed by atoms with van der Waals surface area (Å²) in [6.45, 7) is 0. The quantitative estimate of drug-likeness (QED) is 0.437. The van der Waals surface area contributed by atoms with E-state index in [0.717, 1.165) is 5.56 Å². The lowest BCUT2D eigenvalue weighted by atomic mass is 10.1. The molecule has 0 saturated carbocycles. The summed E-state index contributed by atoms with van der Waals surface area (Å²) in [4.78, 5) is 12.4. The highest BCUT2D eigenvalue weighted by atomic mass is 16.5. The molecule has 0 aliphatic carbocycles.